The molecule has 0 radical (unpaired) electrons. The molecule has 5 rings (SSSR count). The van der Waals surface area contributed by atoms with E-state index in [0.717, 1.165) is 11.4 Å². The number of methoxy groups -OCH3 is 1. The SMILES string of the molecule is COc1cc(-n2nccc2OC(F)F)ccc1-n1ccc(=O)c(-c2cc(C)nn2-c2ccccc2)n1. The Bertz CT molecular complexity index is 1580. The number of rotatable bonds is 7. The zero-order valence-electron chi connectivity index (χ0n) is 19.2. The molecule has 3 aromatic heterocycles. The number of hydrogen-bond acceptors (Lipinski definition) is 6. The number of aromatic nitrogens is 6. The first-order valence-electron chi connectivity index (χ1n) is 10.8. The monoisotopic (exact) mass is 490 g/mol. The number of aryl methyl sites for hydroxylation is 1. The Morgan fingerprint density at radius 1 is 0.917 bits per heavy atom. The number of nitrogens with zero attached hydrogens (tertiary/aromatic N) is 6. The molecule has 0 unspecified atom stereocenters. The summed E-state index contributed by atoms with van der Waals surface area (Å²) >= 11 is 0. The lowest BCUT2D eigenvalue weighted by Crippen LogP contribution is -2.15. The van der Waals surface area contributed by atoms with Gasteiger partial charge in [-0.15, -0.1) is 0 Å². The van der Waals surface area contributed by atoms with Crippen molar-refractivity contribution in [1.82, 2.24) is 29.3 Å². The molecule has 0 atom stereocenters. The van der Waals surface area contributed by atoms with Gasteiger partial charge in [-0.3, -0.25) is 4.79 Å². The van der Waals surface area contributed by atoms with E-state index in [1.165, 1.54) is 41.0 Å². The van der Waals surface area contributed by atoms with Crippen LogP contribution in [0.15, 0.2) is 83.9 Å². The number of para-hydroxylation sites is 1. The third kappa shape index (κ3) is 4.33. The minimum absolute atomic E-state index is 0.117. The second kappa shape index (κ2) is 9.45. The first-order chi connectivity index (χ1) is 17.4. The molecule has 3 heterocycles. The third-order valence-electron chi connectivity index (χ3n) is 5.36. The number of ether oxygens (including phenoxy) is 2. The lowest BCUT2D eigenvalue weighted by Gasteiger charge is -2.14. The summed E-state index contributed by atoms with van der Waals surface area (Å²) in [7, 11) is 1.47. The lowest BCUT2D eigenvalue weighted by molar-refractivity contribution is -0.0544. The van der Waals surface area contributed by atoms with Gasteiger partial charge in [-0.1, -0.05) is 18.2 Å². The van der Waals surface area contributed by atoms with Crippen molar-refractivity contribution in [3.05, 3.63) is 95.0 Å². The van der Waals surface area contributed by atoms with Gasteiger partial charge in [0.25, 0.3) is 0 Å². The lowest BCUT2D eigenvalue weighted by atomic mass is 10.2. The van der Waals surface area contributed by atoms with E-state index in [9.17, 15) is 13.6 Å². The highest BCUT2D eigenvalue weighted by atomic mass is 19.3. The van der Waals surface area contributed by atoms with Gasteiger partial charge in [0.15, 0.2) is 5.69 Å². The van der Waals surface area contributed by atoms with Crippen LogP contribution in [0.2, 0.25) is 0 Å². The van der Waals surface area contributed by atoms with Gasteiger partial charge < -0.3 is 9.47 Å². The minimum Gasteiger partial charge on any atom is -0.494 e. The fourth-order valence-electron chi connectivity index (χ4n) is 3.81. The van der Waals surface area contributed by atoms with Crippen molar-refractivity contribution in [3.8, 4) is 40.1 Å². The molecule has 9 nitrogen and oxygen atoms in total. The first-order valence-corrected chi connectivity index (χ1v) is 10.8. The summed E-state index contributed by atoms with van der Waals surface area (Å²) in [5.74, 6) is 0.258. The number of alkyl halides is 2. The molecule has 0 spiro atoms. The molecule has 36 heavy (non-hydrogen) atoms. The fourth-order valence-corrected chi connectivity index (χ4v) is 3.81. The Morgan fingerprint density at radius 3 is 2.47 bits per heavy atom. The maximum atomic E-state index is 12.9. The zero-order valence-corrected chi connectivity index (χ0v) is 19.2. The van der Waals surface area contributed by atoms with Crippen molar-refractivity contribution >= 4 is 0 Å². The molecular formula is C25H20F2N6O3. The first kappa shape index (κ1) is 23.0. The molecule has 0 amide bonds. The molecule has 0 saturated carbocycles. The van der Waals surface area contributed by atoms with Gasteiger partial charge in [-0.2, -0.15) is 24.1 Å². The summed E-state index contributed by atoms with van der Waals surface area (Å²) in [5, 5.41) is 13.2. The summed E-state index contributed by atoms with van der Waals surface area (Å²) in [6.45, 7) is -1.15. The van der Waals surface area contributed by atoms with E-state index in [-0.39, 0.29) is 17.0 Å². The van der Waals surface area contributed by atoms with Crippen molar-refractivity contribution in [2.45, 2.75) is 13.5 Å². The molecule has 0 N–H and O–H groups in total. The fraction of sp³-hybridized carbons (Fsp3) is 0.120. The molecule has 182 valence electrons. The second-order valence-electron chi connectivity index (χ2n) is 7.71. The Morgan fingerprint density at radius 2 is 1.72 bits per heavy atom. The highest BCUT2D eigenvalue weighted by Crippen LogP contribution is 2.28. The maximum absolute atomic E-state index is 12.9. The molecule has 11 heteroatoms. The topological polar surface area (TPSA) is 89.0 Å². The number of halogens is 2. The van der Waals surface area contributed by atoms with Crippen LogP contribution in [0.1, 0.15) is 5.69 Å². The van der Waals surface area contributed by atoms with Gasteiger partial charge >= 0.3 is 6.61 Å². The average molecular weight is 490 g/mol. The predicted molar refractivity (Wildman–Crippen MR) is 127 cm³/mol. The quantitative estimate of drug-likeness (QED) is 0.340. The van der Waals surface area contributed by atoms with Crippen molar-refractivity contribution in [1.29, 1.82) is 0 Å². The van der Waals surface area contributed by atoms with Crippen LogP contribution in [0.25, 0.3) is 28.5 Å². The number of benzene rings is 2. The Balaban J connectivity index is 1.58. The summed E-state index contributed by atoms with van der Waals surface area (Å²) in [6.07, 6.45) is 2.88. The largest absolute Gasteiger partial charge is 0.494 e. The normalized spacial score (nSPS) is 11.1. The zero-order chi connectivity index (χ0) is 25.2. The van der Waals surface area contributed by atoms with Crippen molar-refractivity contribution in [2.75, 3.05) is 7.11 Å². The van der Waals surface area contributed by atoms with Crippen LogP contribution in [-0.2, 0) is 0 Å². The van der Waals surface area contributed by atoms with Crippen LogP contribution in [0.4, 0.5) is 8.78 Å². The van der Waals surface area contributed by atoms with Crippen molar-refractivity contribution in [2.24, 2.45) is 0 Å². The summed E-state index contributed by atoms with van der Waals surface area (Å²) in [5.41, 5.74) is 2.95. The van der Waals surface area contributed by atoms with Gasteiger partial charge in [-0.25, -0.2) is 14.0 Å². The highest BCUT2D eigenvalue weighted by molar-refractivity contribution is 5.59. The van der Waals surface area contributed by atoms with E-state index >= 15 is 0 Å². The molecule has 0 bridgehead atoms. The molecule has 0 fully saturated rings. The van der Waals surface area contributed by atoms with Gasteiger partial charge in [0.1, 0.15) is 11.4 Å². The van der Waals surface area contributed by atoms with Gasteiger partial charge in [0.2, 0.25) is 11.3 Å². The molecule has 5 aromatic rings. The summed E-state index contributed by atoms with van der Waals surface area (Å²) < 4.78 is 40.0. The summed E-state index contributed by atoms with van der Waals surface area (Å²) in [6, 6.07) is 18.9. The Kier molecular flexibility index (Phi) is 6.03. The third-order valence-corrected chi connectivity index (χ3v) is 5.36. The van der Waals surface area contributed by atoms with Crippen LogP contribution in [0.5, 0.6) is 11.6 Å². The van der Waals surface area contributed by atoms with Crippen molar-refractivity contribution in [3.63, 3.8) is 0 Å². The van der Waals surface area contributed by atoms with Crippen LogP contribution in [-0.4, -0.2) is 43.1 Å². The van der Waals surface area contributed by atoms with Crippen molar-refractivity contribution < 1.29 is 18.3 Å². The van der Waals surface area contributed by atoms with Gasteiger partial charge in [0, 0.05) is 24.4 Å². The molecule has 0 aliphatic carbocycles. The van der Waals surface area contributed by atoms with E-state index in [0.29, 0.717) is 22.8 Å². The molecular weight excluding hydrogens is 470 g/mol. The molecule has 0 saturated heterocycles. The Labute approximate surface area is 203 Å². The van der Waals surface area contributed by atoms with Crippen LogP contribution >= 0.6 is 0 Å². The summed E-state index contributed by atoms with van der Waals surface area (Å²) in [4.78, 5) is 12.9. The standard InChI is InChI=1S/C25H20F2N6O3/c1-16-14-20(32(29-16)17-6-4-3-5-7-17)24-21(34)11-13-31(30-24)19-9-8-18(15-22(19)35-2)33-23(10-12-28-33)36-25(26)27/h3-15,25H,1-2H3. The molecule has 0 aliphatic rings. The van der Waals surface area contributed by atoms with Gasteiger partial charge in [0.05, 0.1) is 36.1 Å². The van der Waals surface area contributed by atoms with Crippen LogP contribution < -0.4 is 14.9 Å². The van der Waals surface area contributed by atoms with Crippen LogP contribution in [0, 0.1) is 6.92 Å². The Hall–Kier alpha value is -4.80. The highest BCUT2D eigenvalue weighted by Gasteiger charge is 2.18. The minimum atomic E-state index is -2.99. The van der Waals surface area contributed by atoms with E-state index < -0.39 is 6.61 Å². The van der Waals surface area contributed by atoms with Gasteiger partial charge in [-0.05, 0) is 37.3 Å². The van der Waals surface area contributed by atoms with E-state index in [4.69, 9.17) is 4.74 Å². The van der Waals surface area contributed by atoms with E-state index in [1.807, 2.05) is 37.3 Å². The maximum Gasteiger partial charge on any atom is 0.388 e. The van der Waals surface area contributed by atoms with E-state index in [1.54, 1.807) is 28.9 Å². The second-order valence-corrected chi connectivity index (χ2v) is 7.71. The smallest absolute Gasteiger partial charge is 0.388 e. The average Bonchev–Trinajstić information content (AvgIpc) is 3.50. The molecule has 2 aromatic carbocycles. The molecule has 0 aliphatic heterocycles. The number of hydrogen-bond donors (Lipinski definition) is 0. The predicted octanol–water partition coefficient (Wildman–Crippen LogP) is 4.19. The van der Waals surface area contributed by atoms with E-state index in [2.05, 4.69) is 20.0 Å². The van der Waals surface area contributed by atoms with Crippen LogP contribution in [0.3, 0.4) is 0 Å².